The minimum absolute atomic E-state index is 0.00535. The van der Waals surface area contributed by atoms with Gasteiger partial charge in [0.2, 0.25) is 0 Å². The van der Waals surface area contributed by atoms with Gasteiger partial charge in [-0.05, 0) is 28.8 Å². The summed E-state index contributed by atoms with van der Waals surface area (Å²) in [6.45, 7) is 0. The molecule has 1 saturated carbocycles. The van der Waals surface area contributed by atoms with E-state index in [1.165, 1.54) is 0 Å². The number of nitrogens with two attached hydrogens (primary N) is 1. The molecule has 2 nitrogen and oxygen atoms in total. The molecule has 5 heteroatoms. The fourth-order valence-corrected chi connectivity index (χ4v) is 1.75. The van der Waals surface area contributed by atoms with E-state index in [9.17, 15) is 13.9 Å². The molecule has 0 unspecified atom stereocenters. The molecule has 1 aliphatic rings. The van der Waals surface area contributed by atoms with Crippen LogP contribution in [-0.2, 0) is 5.54 Å². The van der Waals surface area contributed by atoms with Crippen molar-refractivity contribution >= 4 is 15.9 Å². The van der Waals surface area contributed by atoms with E-state index in [2.05, 4.69) is 15.9 Å². The second-order valence-electron chi connectivity index (χ2n) is 3.54. The Morgan fingerprint density at radius 1 is 1.43 bits per heavy atom. The molecule has 0 atom stereocenters. The summed E-state index contributed by atoms with van der Waals surface area (Å²) in [5.41, 5.74) is 4.94. The molecule has 76 valence electrons. The van der Waals surface area contributed by atoms with Crippen LogP contribution >= 0.6 is 15.9 Å². The number of hydrogen-bond acceptors (Lipinski definition) is 2. The smallest absolute Gasteiger partial charge is 0.149 e. The Kier molecular flexibility index (Phi) is 2.04. The quantitative estimate of drug-likeness (QED) is 0.765. The van der Waals surface area contributed by atoms with Gasteiger partial charge in [-0.1, -0.05) is 0 Å². The Labute approximate surface area is 87.9 Å². The molecule has 1 aromatic carbocycles. The monoisotopic (exact) mass is 263 g/mol. The summed E-state index contributed by atoms with van der Waals surface area (Å²) in [6, 6.07) is 0.870. The van der Waals surface area contributed by atoms with E-state index in [4.69, 9.17) is 5.73 Å². The zero-order chi connectivity index (χ0) is 10.5. The van der Waals surface area contributed by atoms with Gasteiger partial charge < -0.3 is 10.8 Å². The van der Waals surface area contributed by atoms with Crippen LogP contribution in [0, 0.1) is 11.6 Å². The number of rotatable bonds is 1. The lowest BCUT2D eigenvalue weighted by molar-refractivity contribution is 0.435. The van der Waals surface area contributed by atoms with Crippen LogP contribution in [-0.4, -0.2) is 5.11 Å². The summed E-state index contributed by atoms with van der Waals surface area (Å²) in [6.07, 6.45) is 1.21. The summed E-state index contributed by atoms with van der Waals surface area (Å²) in [5, 5.41) is 9.39. The highest BCUT2D eigenvalue weighted by atomic mass is 79.9. The molecule has 1 aliphatic carbocycles. The van der Waals surface area contributed by atoms with Gasteiger partial charge in [0, 0.05) is 11.6 Å². The van der Waals surface area contributed by atoms with Crippen molar-refractivity contribution in [3.8, 4) is 5.75 Å². The van der Waals surface area contributed by atoms with E-state index < -0.39 is 22.9 Å². The first kappa shape index (κ1) is 9.86. The van der Waals surface area contributed by atoms with Crippen molar-refractivity contribution in [2.24, 2.45) is 5.73 Å². The van der Waals surface area contributed by atoms with Crippen molar-refractivity contribution in [3.63, 3.8) is 0 Å². The molecule has 0 aliphatic heterocycles. The minimum Gasteiger partial charge on any atom is -0.507 e. The van der Waals surface area contributed by atoms with E-state index in [1.807, 2.05) is 0 Å². The number of phenolic OH excluding ortho intramolecular Hbond substituents is 1. The lowest BCUT2D eigenvalue weighted by Gasteiger charge is -2.13. The third-order valence-electron chi connectivity index (χ3n) is 2.43. The molecule has 1 fully saturated rings. The number of hydrogen-bond donors (Lipinski definition) is 2. The maximum atomic E-state index is 13.5. The van der Waals surface area contributed by atoms with Gasteiger partial charge in [0.25, 0.3) is 0 Å². The topological polar surface area (TPSA) is 46.2 Å². The minimum atomic E-state index is -0.826. The molecular weight excluding hydrogens is 256 g/mol. The second-order valence-corrected chi connectivity index (χ2v) is 4.33. The summed E-state index contributed by atoms with van der Waals surface area (Å²) < 4.78 is 26.2. The molecule has 0 heterocycles. The normalized spacial score (nSPS) is 18.3. The summed E-state index contributed by atoms with van der Waals surface area (Å²) >= 11 is 2.77. The summed E-state index contributed by atoms with van der Waals surface area (Å²) in [7, 11) is 0. The third-order valence-corrected chi connectivity index (χ3v) is 3.15. The molecule has 2 rings (SSSR count). The van der Waals surface area contributed by atoms with E-state index >= 15 is 0 Å². The largest absolute Gasteiger partial charge is 0.507 e. The van der Waals surface area contributed by atoms with Gasteiger partial charge in [0.15, 0.2) is 0 Å². The van der Waals surface area contributed by atoms with Crippen molar-refractivity contribution in [3.05, 3.63) is 27.7 Å². The van der Waals surface area contributed by atoms with Gasteiger partial charge in [-0.25, -0.2) is 8.78 Å². The highest BCUT2D eigenvalue weighted by Gasteiger charge is 2.45. The molecule has 0 amide bonds. The predicted octanol–water partition coefficient (Wildman–Crippen LogP) is 2.38. The van der Waals surface area contributed by atoms with Crippen LogP contribution in [0.5, 0.6) is 5.75 Å². The number of phenols is 1. The Hall–Kier alpha value is -0.680. The molecule has 1 aromatic rings. The van der Waals surface area contributed by atoms with Gasteiger partial charge in [0.1, 0.15) is 17.4 Å². The fourth-order valence-electron chi connectivity index (χ4n) is 1.44. The molecule has 0 aromatic heterocycles. The molecule has 0 bridgehead atoms. The zero-order valence-electron chi connectivity index (χ0n) is 7.15. The first-order valence-electron chi connectivity index (χ1n) is 4.11. The SMILES string of the molecule is NC1(c2c(O)cc(F)c(Br)c2F)CC1. The maximum Gasteiger partial charge on any atom is 0.149 e. The molecule has 0 radical (unpaired) electrons. The highest BCUT2D eigenvalue weighted by Crippen LogP contribution is 2.48. The van der Waals surface area contributed by atoms with E-state index in [-0.39, 0.29) is 10.0 Å². The van der Waals surface area contributed by atoms with E-state index in [0.717, 1.165) is 6.07 Å². The predicted molar refractivity (Wildman–Crippen MR) is 50.8 cm³/mol. The lowest BCUT2D eigenvalue weighted by Crippen LogP contribution is -2.21. The van der Waals surface area contributed by atoms with Gasteiger partial charge in [-0.3, -0.25) is 0 Å². The Morgan fingerprint density at radius 2 is 2.00 bits per heavy atom. The van der Waals surface area contributed by atoms with Crippen LogP contribution in [0.2, 0.25) is 0 Å². The number of benzene rings is 1. The summed E-state index contributed by atoms with van der Waals surface area (Å²) in [5.74, 6) is -2.04. The fraction of sp³-hybridized carbons (Fsp3) is 0.333. The highest BCUT2D eigenvalue weighted by molar-refractivity contribution is 9.10. The second kappa shape index (κ2) is 2.90. The van der Waals surface area contributed by atoms with Gasteiger partial charge in [-0.15, -0.1) is 0 Å². The van der Waals surface area contributed by atoms with Crippen molar-refractivity contribution < 1.29 is 13.9 Å². The van der Waals surface area contributed by atoms with Crippen molar-refractivity contribution in [1.29, 1.82) is 0 Å². The average molecular weight is 264 g/mol. The number of halogens is 3. The molecule has 0 saturated heterocycles. The van der Waals surface area contributed by atoms with Crippen LogP contribution in [0.15, 0.2) is 10.5 Å². The maximum absolute atomic E-state index is 13.5. The Morgan fingerprint density at radius 3 is 2.50 bits per heavy atom. The Bertz CT molecular complexity index is 404. The zero-order valence-corrected chi connectivity index (χ0v) is 8.74. The molecule has 3 N–H and O–H groups in total. The third kappa shape index (κ3) is 1.31. The number of aromatic hydroxyl groups is 1. The van der Waals surface area contributed by atoms with E-state index in [1.54, 1.807) is 0 Å². The summed E-state index contributed by atoms with van der Waals surface area (Å²) in [4.78, 5) is 0. The van der Waals surface area contributed by atoms with Gasteiger partial charge in [0.05, 0.1) is 10.0 Å². The van der Waals surface area contributed by atoms with Crippen molar-refractivity contribution in [2.45, 2.75) is 18.4 Å². The van der Waals surface area contributed by atoms with Crippen LogP contribution in [0.25, 0.3) is 0 Å². The van der Waals surface area contributed by atoms with Gasteiger partial charge in [-0.2, -0.15) is 0 Å². The van der Waals surface area contributed by atoms with Gasteiger partial charge >= 0.3 is 0 Å². The first-order chi connectivity index (χ1) is 6.46. The lowest BCUT2D eigenvalue weighted by atomic mass is 10.0. The van der Waals surface area contributed by atoms with E-state index in [0.29, 0.717) is 12.8 Å². The van der Waals surface area contributed by atoms with Crippen LogP contribution < -0.4 is 5.73 Å². The molecular formula is C9H8BrF2NO. The van der Waals surface area contributed by atoms with Crippen molar-refractivity contribution in [1.82, 2.24) is 0 Å². The van der Waals surface area contributed by atoms with Crippen LogP contribution in [0.4, 0.5) is 8.78 Å². The first-order valence-corrected chi connectivity index (χ1v) is 4.91. The average Bonchev–Trinajstić information content (AvgIpc) is 2.80. The van der Waals surface area contributed by atoms with Crippen LogP contribution in [0.1, 0.15) is 18.4 Å². The molecule has 0 spiro atoms. The Balaban J connectivity index is 2.65. The van der Waals surface area contributed by atoms with Crippen LogP contribution in [0.3, 0.4) is 0 Å². The van der Waals surface area contributed by atoms with Crippen molar-refractivity contribution in [2.75, 3.05) is 0 Å². The molecule has 14 heavy (non-hydrogen) atoms. The standard InChI is InChI=1S/C9H8BrF2NO/c10-7-4(11)3-5(14)6(8(7)12)9(13)1-2-9/h3,14H,1-2,13H2.